The van der Waals surface area contributed by atoms with E-state index in [0.29, 0.717) is 42.0 Å². The number of likely N-dealkylation sites (tertiary alicyclic amines) is 1. The van der Waals surface area contributed by atoms with E-state index in [4.69, 9.17) is 20.7 Å². The van der Waals surface area contributed by atoms with Gasteiger partial charge in [-0.2, -0.15) is 5.26 Å². The SMILES string of the molecule is COc1ccc(/C(C)=C(/N=C(N(C)C=O)N2CCC(N)C(F)C2)c2ccc(C#N)c(F)c2)cc1. The van der Waals surface area contributed by atoms with Gasteiger partial charge in [0.05, 0.1) is 24.9 Å². The average Bonchev–Trinajstić information content (AvgIpc) is 2.85. The molecule has 178 valence electrons. The number of carbonyl (C=O) groups excluding carboxylic acids is 1. The van der Waals surface area contributed by atoms with Crippen molar-refractivity contribution in [2.75, 3.05) is 27.2 Å². The van der Waals surface area contributed by atoms with Gasteiger partial charge in [0.2, 0.25) is 12.4 Å². The van der Waals surface area contributed by atoms with Crippen LogP contribution in [0.3, 0.4) is 0 Å². The molecule has 2 aromatic carbocycles. The molecule has 7 nitrogen and oxygen atoms in total. The van der Waals surface area contributed by atoms with Gasteiger partial charge in [-0.05, 0) is 48.7 Å². The monoisotopic (exact) mass is 467 g/mol. The lowest BCUT2D eigenvalue weighted by Gasteiger charge is -2.36. The second kappa shape index (κ2) is 10.9. The quantitative estimate of drug-likeness (QED) is 0.315. The third kappa shape index (κ3) is 5.41. The van der Waals surface area contributed by atoms with Crippen molar-refractivity contribution in [1.29, 1.82) is 5.26 Å². The van der Waals surface area contributed by atoms with Crippen molar-refractivity contribution in [2.24, 2.45) is 10.7 Å². The molecule has 1 heterocycles. The summed E-state index contributed by atoms with van der Waals surface area (Å²) in [5.74, 6) is 0.205. The van der Waals surface area contributed by atoms with Crippen LogP contribution in [-0.4, -0.2) is 61.6 Å². The van der Waals surface area contributed by atoms with Gasteiger partial charge in [0.1, 0.15) is 23.8 Å². The van der Waals surface area contributed by atoms with Crippen LogP contribution in [0.2, 0.25) is 0 Å². The normalized spacial score (nSPS) is 19.2. The van der Waals surface area contributed by atoms with Crippen LogP contribution < -0.4 is 10.5 Å². The van der Waals surface area contributed by atoms with E-state index in [2.05, 4.69) is 0 Å². The molecule has 2 atom stereocenters. The minimum absolute atomic E-state index is 0.0191. The number of hydrogen-bond acceptors (Lipinski definition) is 5. The Morgan fingerprint density at radius 3 is 2.53 bits per heavy atom. The summed E-state index contributed by atoms with van der Waals surface area (Å²) in [5, 5.41) is 9.11. The average molecular weight is 468 g/mol. The van der Waals surface area contributed by atoms with Gasteiger partial charge < -0.3 is 15.4 Å². The lowest BCUT2D eigenvalue weighted by Crippen LogP contribution is -2.53. The molecule has 2 aromatic rings. The highest BCUT2D eigenvalue weighted by Gasteiger charge is 2.30. The molecule has 0 aliphatic carbocycles. The molecule has 0 bridgehead atoms. The molecule has 3 rings (SSSR count). The number of nitriles is 1. The zero-order chi connectivity index (χ0) is 24.8. The summed E-state index contributed by atoms with van der Waals surface area (Å²) in [4.78, 5) is 19.3. The standard InChI is InChI=1S/C25H27F2N5O2/c1-16(17-6-8-20(34-3)9-7-17)24(18-4-5-19(13-28)21(26)12-18)30-25(31(2)15-33)32-11-10-23(29)22(27)14-32/h4-9,12,15,22-23H,10-11,14,29H2,1-3H3/b24-16+,30-25?. The zero-order valence-corrected chi connectivity index (χ0v) is 19.3. The number of guanidine groups is 1. The second-order valence-corrected chi connectivity index (χ2v) is 8.05. The second-order valence-electron chi connectivity index (χ2n) is 8.05. The maximum absolute atomic E-state index is 14.5. The first-order chi connectivity index (χ1) is 16.3. The topological polar surface area (TPSA) is 94.9 Å². The van der Waals surface area contributed by atoms with Crippen LogP contribution in [0.1, 0.15) is 30.0 Å². The molecule has 1 aliphatic rings. The van der Waals surface area contributed by atoms with E-state index in [1.165, 1.54) is 24.1 Å². The Balaban J connectivity index is 2.19. The molecule has 0 spiro atoms. The van der Waals surface area contributed by atoms with E-state index >= 15 is 0 Å². The van der Waals surface area contributed by atoms with Gasteiger partial charge in [-0.25, -0.2) is 13.8 Å². The predicted molar refractivity (Wildman–Crippen MR) is 127 cm³/mol. The highest BCUT2D eigenvalue weighted by molar-refractivity contribution is 5.98. The summed E-state index contributed by atoms with van der Waals surface area (Å²) in [6.45, 7) is 2.21. The summed E-state index contributed by atoms with van der Waals surface area (Å²) in [6, 6.07) is 12.7. The number of carbonyl (C=O) groups is 1. The van der Waals surface area contributed by atoms with Crippen molar-refractivity contribution in [3.8, 4) is 11.8 Å². The zero-order valence-electron chi connectivity index (χ0n) is 19.3. The van der Waals surface area contributed by atoms with Crippen molar-refractivity contribution in [1.82, 2.24) is 9.80 Å². The highest BCUT2D eigenvalue weighted by atomic mass is 19.1. The number of methoxy groups -OCH3 is 1. The number of piperidine rings is 1. The summed E-state index contributed by atoms with van der Waals surface area (Å²) in [6.07, 6.45) is -0.295. The Bertz CT molecular complexity index is 1140. The van der Waals surface area contributed by atoms with Crippen LogP contribution in [0.4, 0.5) is 8.78 Å². The Morgan fingerprint density at radius 1 is 1.29 bits per heavy atom. The minimum atomic E-state index is -1.28. The van der Waals surface area contributed by atoms with Crippen LogP contribution >= 0.6 is 0 Å². The van der Waals surface area contributed by atoms with Gasteiger partial charge in [0.25, 0.3) is 0 Å². The van der Waals surface area contributed by atoms with Crippen LogP contribution in [0.15, 0.2) is 47.5 Å². The first-order valence-electron chi connectivity index (χ1n) is 10.8. The molecule has 1 amide bonds. The number of allylic oxidation sites excluding steroid dienone is 1. The molecule has 1 aliphatic heterocycles. The molecule has 2 N–H and O–H groups in total. The first kappa shape index (κ1) is 24.9. The summed E-state index contributed by atoms with van der Waals surface area (Å²) in [7, 11) is 3.09. The number of alkyl halides is 1. The molecule has 2 unspecified atom stereocenters. The van der Waals surface area contributed by atoms with Crippen molar-refractivity contribution >= 4 is 23.6 Å². The predicted octanol–water partition coefficient (Wildman–Crippen LogP) is 3.41. The van der Waals surface area contributed by atoms with E-state index in [1.807, 2.05) is 19.1 Å². The van der Waals surface area contributed by atoms with Crippen molar-refractivity contribution in [3.05, 3.63) is 65.0 Å². The third-order valence-electron chi connectivity index (χ3n) is 5.80. The molecule has 9 heteroatoms. The molecule has 1 saturated heterocycles. The lowest BCUT2D eigenvalue weighted by atomic mass is 10.00. The van der Waals surface area contributed by atoms with E-state index in [-0.39, 0.29) is 18.1 Å². The molecule has 0 radical (unpaired) electrons. The van der Waals surface area contributed by atoms with E-state index in [1.54, 1.807) is 36.3 Å². The maximum Gasteiger partial charge on any atom is 0.216 e. The summed E-state index contributed by atoms with van der Waals surface area (Å²) < 4.78 is 34.2. The van der Waals surface area contributed by atoms with Crippen molar-refractivity contribution in [3.63, 3.8) is 0 Å². The smallest absolute Gasteiger partial charge is 0.216 e. The van der Waals surface area contributed by atoms with Gasteiger partial charge in [-0.15, -0.1) is 0 Å². The molecule has 0 aromatic heterocycles. The number of amides is 1. The Hall–Kier alpha value is -3.77. The van der Waals surface area contributed by atoms with Gasteiger partial charge >= 0.3 is 0 Å². The Morgan fingerprint density at radius 2 is 1.97 bits per heavy atom. The van der Waals surface area contributed by atoms with Gasteiger partial charge in [0, 0.05) is 25.2 Å². The lowest BCUT2D eigenvalue weighted by molar-refractivity contribution is -0.114. The Kier molecular flexibility index (Phi) is 7.97. The molecule has 34 heavy (non-hydrogen) atoms. The number of halogens is 2. The first-order valence-corrected chi connectivity index (χ1v) is 10.8. The fourth-order valence-electron chi connectivity index (χ4n) is 3.72. The van der Waals surface area contributed by atoms with E-state index in [9.17, 15) is 13.6 Å². The minimum Gasteiger partial charge on any atom is -0.497 e. The number of benzene rings is 2. The molecule has 1 fully saturated rings. The van der Waals surface area contributed by atoms with Crippen LogP contribution in [0.25, 0.3) is 11.3 Å². The van der Waals surface area contributed by atoms with Gasteiger partial charge in [0.15, 0.2) is 0 Å². The van der Waals surface area contributed by atoms with Crippen LogP contribution in [-0.2, 0) is 4.79 Å². The number of nitrogens with two attached hydrogens (primary N) is 1. The largest absolute Gasteiger partial charge is 0.497 e. The number of ether oxygens (including phenoxy) is 1. The van der Waals surface area contributed by atoms with Crippen molar-refractivity contribution in [2.45, 2.75) is 25.6 Å². The molecule has 0 saturated carbocycles. The Labute approximate surface area is 197 Å². The fraction of sp³-hybridized carbons (Fsp3) is 0.320. The van der Waals surface area contributed by atoms with Gasteiger partial charge in [-0.3, -0.25) is 9.69 Å². The molecular weight excluding hydrogens is 440 g/mol. The van der Waals surface area contributed by atoms with Crippen molar-refractivity contribution < 1.29 is 18.3 Å². The number of nitrogens with zero attached hydrogens (tertiary/aromatic N) is 4. The third-order valence-corrected chi connectivity index (χ3v) is 5.80. The number of rotatable bonds is 5. The van der Waals surface area contributed by atoms with Gasteiger partial charge in [-0.1, -0.05) is 18.2 Å². The van der Waals surface area contributed by atoms with Crippen LogP contribution in [0.5, 0.6) is 5.75 Å². The highest BCUT2D eigenvalue weighted by Crippen LogP contribution is 2.30. The van der Waals surface area contributed by atoms with Crippen LogP contribution in [0, 0.1) is 17.1 Å². The summed E-state index contributed by atoms with van der Waals surface area (Å²) >= 11 is 0. The number of aliphatic imine (C=N–C) groups is 1. The number of hydrogen-bond donors (Lipinski definition) is 1. The van der Waals surface area contributed by atoms with E-state index < -0.39 is 18.0 Å². The van der Waals surface area contributed by atoms with E-state index in [0.717, 1.165) is 5.56 Å². The summed E-state index contributed by atoms with van der Waals surface area (Å²) in [5.41, 5.74) is 8.00. The fourth-order valence-corrected chi connectivity index (χ4v) is 3.72. The maximum atomic E-state index is 14.5. The molecular formula is C25H27F2N5O2.